The number of ketones is 2. The van der Waals surface area contributed by atoms with Crippen molar-refractivity contribution in [1.29, 1.82) is 0 Å². The molecular formula is C19H20O6. The van der Waals surface area contributed by atoms with E-state index in [2.05, 4.69) is 0 Å². The molecule has 0 aliphatic heterocycles. The molecule has 0 heterocycles. The number of hydrogen-bond donors (Lipinski definition) is 0. The Morgan fingerprint density at radius 3 is 2.12 bits per heavy atom. The molecule has 0 atom stereocenters. The van der Waals surface area contributed by atoms with E-state index >= 15 is 0 Å². The van der Waals surface area contributed by atoms with Crippen molar-refractivity contribution in [2.45, 2.75) is 6.42 Å². The fourth-order valence-electron chi connectivity index (χ4n) is 2.46. The van der Waals surface area contributed by atoms with Crippen LogP contribution in [0.4, 0.5) is 0 Å². The highest BCUT2D eigenvalue weighted by molar-refractivity contribution is 6.14. The van der Waals surface area contributed by atoms with Crippen LogP contribution in [0.1, 0.15) is 27.1 Å². The smallest absolute Gasteiger partial charge is 0.204 e. The van der Waals surface area contributed by atoms with Crippen molar-refractivity contribution in [1.82, 2.24) is 0 Å². The van der Waals surface area contributed by atoms with Gasteiger partial charge in [-0.15, -0.1) is 0 Å². The standard InChI is InChI=1S/C19H20O6/c1-22-13-7-5-6-12(10-13)15(20)11-16(21)14-8-9-17(23-2)19(25-4)18(14)24-3/h5-10H,11H2,1-4H3. The van der Waals surface area contributed by atoms with Crippen molar-refractivity contribution in [3.05, 3.63) is 47.5 Å². The average Bonchev–Trinajstić information content (AvgIpc) is 2.66. The number of benzene rings is 2. The van der Waals surface area contributed by atoms with Crippen LogP contribution in [0, 0.1) is 0 Å². The van der Waals surface area contributed by atoms with Gasteiger partial charge < -0.3 is 18.9 Å². The lowest BCUT2D eigenvalue weighted by Crippen LogP contribution is -2.11. The number of hydrogen-bond acceptors (Lipinski definition) is 6. The second kappa shape index (κ2) is 8.19. The molecule has 6 nitrogen and oxygen atoms in total. The first-order chi connectivity index (χ1) is 12.0. The van der Waals surface area contributed by atoms with Crippen LogP contribution in [0.3, 0.4) is 0 Å². The molecule has 2 aromatic carbocycles. The molecule has 0 fully saturated rings. The van der Waals surface area contributed by atoms with Crippen LogP contribution in [0.2, 0.25) is 0 Å². The summed E-state index contributed by atoms with van der Waals surface area (Å²) >= 11 is 0. The summed E-state index contributed by atoms with van der Waals surface area (Å²) in [6.45, 7) is 0. The first kappa shape index (κ1) is 18.3. The summed E-state index contributed by atoms with van der Waals surface area (Å²) in [6, 6.07) is 9.83. The van der Waals surface area contributed by atoms with Crippen molar-refractivity contribution in [3.63, 3.8) is 0 Å². The van der Waals surface area contributed by atoms with E-state index in [0.29, 0.717) is 22.8 Å². The molecule has 132 valence electrons. The predicted molar refractivity (Wildman–Crippen MR) is 92.4 cm³/mol. The van der Waals surface area contributed by atoms with Crippen LogP contribution in [-0.2, 0) is 0 Å². The number of methoxy groups -OCH3 is 4. The van der Waals surface area contributed by atoms with E-state index in [0.717, 1.165) is 0 Å². The van der Waals surface area contributed by atoms with Gasteiger partial charge in [-0.1, -0.05) is 12.1 Å². The lowest BCUT2D eigenvalue weighted by molar-refractivity contribution is 0.0892. The van der Waals surface area contributed by atoms with Gasteiger partial charge in [0.1, 0.15) is 5.75 Å². The predicted octanol–water partition coefficient (Wildman–Crippen LogP) is 3.18. The highest BCUT2D eigenvalue weighted by atomic mass is 16.5. The zero-order chi connectivity index (χ0) is 18.4. The summed E-state index contributed by atoms with van der Waals surface area (Å²) in [5.41, 5.74) is 0.670. The van der Waals surface area contributed by atoms with Gasteiger partial charge in [0, 0.05) is 5.56 Å². The van der Waals surface area contributed by atoms with E-state index in [4.69, 9.17) is 18.9 Å². The summed E-state index contributed by atoms with van der Waals surface area (Å²) in [5.74, 6) is 0.873. The monoisotopic (exact) mass is 344 g/mol. The highest BCUT2D eigenvalue weighted by Gasteiger charge is 2.22. The average molecular weight is 344 g/mol. The largest absolute Gasteiger partial charge is 0.497 e. The molecule has 0 unspecified atom stereocenters. The molecule has 0 N–H and O–H groups in total. The number of ether oxygens (including phenoxy) is 4. The van der Waals surface area contributed by atoms with Crippen LogP contribution in [0.15, 0.2) is 36.4 Å². The molecule has 25 heavy (non-hydrogen) atoms. The second-order valence-electron chi connectivity index (χ2n) is 5.14. The van der Waals surface area contributed by atoms with E-state index in [1.54, 1.807) is 36.4 Å². The van der Waals surface area contributed by atoms with E-state index < -0.39 is 0 Å². The Hall–Kier alpha value is -3.02. The third kappa shape index (κ3) is 3.91. The maximum absolute atomic E-state index is 12.6. The molecule has 2 aromatic rings. The Bertz CT molecular complexity index is 781. The Balaban J connectivity index is 2.30. The zero-order valence-corrected chi connectivity index (χ0v) is 14.6. The summed E-state index contributed by atoms with van der Waals surface area (Å²) < 4.78 is 20.9. The van der Waals surface area contributed by atoms with Crippen molar-refractivity contribution < 1.29 is 28.5 Å². The molecule has 0 spiro atoms. The molecule has 0 radical (unpaired) electrons. The Labute approximate surface area is 146 Å². The Morgan fingerprint density at radius 2 is 1.52 bits per heavy atom. The first-order valence-corrected chi connectivity index (χ1v) is 7.55. The Kier molecular flexibility index (Phi) is 6.00. The van der Waals surface area contributed by atoms with Gasteiger partial charge in [-0.3, -0.25) is 9.59 Å². The molecule has 2 rings (SSSR count). The van der Waals surface area contributed by atoms with Crippen molar-refractivity contribution >= 4 is 11.6 Å². The molecule has 0 aliphatic rings. The van der Waals surface area contributed by atoms with Gasteiger partial charge in [0.2, 0.25) is 5.75 Å². The molecule has 0 bridgehead atoms. The minimum Gasteiger partial charge on any atom is -0.497 e. The molecule has 0 amide bonds. The van der Waals surface area contributed by atoms with E-state index in [-0.39, 0.29) is 29.3 Å². The first-order valence-electron chi connectivity index (χ1n) is 7.55. The zero-order valence-electron chi connectivity index (χ0n) is 14.6. The normalized spacial score (nSPS) is 10.1. The third-order valence-corrected chi connectivity index (χ3v) is 3.72. The van der Waals surface area contributed by atoms with Gasteiger partial charge in [-0.25, -0.2) is 0 Å². The van der Waals surface area contributed by atoms with Gasteiger partial charge in [0.05, 0.1) is 40.4 Å². The van der Waals surface area contributed by atoms with Crippen LogP contribution in [0.5, 0.6) is 23.0 Å². The SMILES string of the molecule is COc1cccc(C(=O)CC(=O)c2ccc(OC)c(OC)c2OC)c1. The van der Waals surface area contributed by atoms with Gasteiger partial charge in [-0.2, -0.15) is 0 Å². The van der Waals surface area contributed by atoms with Crippen LogP contribution in [-0.4, -0.2) is 40.0 Å². The number of carbonyl (C=O) groups excluding carboxylic acids is 2. The topological polar surface area (TPSA) is 71.1 Å². The van der Waals surface area contributed by atoms with Crippen molar-refractivity contribution in [2.75, 3.05) is 28.4 Å². The number of carbonyl (C=O) groups is 2. The van der Waals surface area contributed by atoms with Crippen LogP contribution < -0.4 is 18.9 Å². The number of rotatable bonds is 8. The molecule has 0 saturated carbocycles. The summed E-state index contributed by atoms with van der Waals surface area (Å²) in [5, 5.41) is 0. The third-order valence-electron chi connectivity index (χ3n) is 3.72. The molecular weight excluding hydrogens is 324 g/mol. The van der Waals surface area contributed by atoms with Gasteiger partial charge in [0.25, 0.3) is 0 Å². The number of Topliss-reactive ketones (excluding diaryl/α,β-unsaturated/α-hetero) is 2. The molecule has 0 saturated heterocycles. The van der Waals surface area contributed by atoms with Gasteiger partial charge in [0.15, 0.2) is 23.1 Å². The fraction of sp³-hybridized carbons (Fsp3) is 0.263. The van der Waals surface area contributed by atoms with Gasteiger partial charge in [-0.05, 0) is 24.3 Å². The summed E-state index contributed by atoms with van der Waals surface area (Å²) in [7, 11) is 5.89. The van der Waals surface area contributed by atoms with Crippen molar-refractivity contribution in [2.24, 2.45) is 0 Å². The quantitative estimate of drug-likeness (QED) is 0.541. The van der Waals surface area contributed by atoms with E-state index in [1.807, 2.05) is 0 Å². The lowest BCUT2D eigenvalue weighted by atomic mass is 10.00. The summed E-state index contributed by atoms with van der Waals surface area (Å²) in [6.07, 6.45) is -0.293. The second-order valence-corrected chi connectivity index (χ2v) is 5.14. The maximum atomic E-state index is 12.6. The minimum absolute atomic E-state index is 0.241. The molecule has 6 heteroatoms. The van der Waals surface area contributed by atoms with Crippen molar-refractivity contribution in [3.8, 4) is 23.0 Å². The van der Waals surface area contributed by atoms with E-state index in [1.165, 1.54) is 28.4 Å². The Morgan fingerprint density at radius 1 is 0.800 bits per heavy atom. The molecule has 0 aliphatic carbocycles. The minimum atomic E-state index is -0.370. The molecule has 0 aromatic heterocycles. The van der Waals surface area contributed by atoms with Gasteiger partial charge >= 0.3 is 0 Å². The highest BCUT2D eigenvalue weighted by Crippen LogP contribution is 2.40. The fourth-order valence-corrected chi connectivity index (χ4v) is 2.46. The lowest BCUT2D eigenvalue weighted by Gasteiger charge is -2.15. The maximum Gasteiger partial charge on any atom is 0.204 e. The summed E-state index contributed by atoms with van der Waals surface area (Å²) in [4.78, 5) is 25.0. The van der Waals surface area contributed by atoms with E-state index in [9.17, 15) is 9.59 Å². The van der Waals surface area contributed by atoms with Crippen LogP contribution >= 0.6 is 0 Å². The van der Waals surface area contributed by atoms with Crippen LogP contribution in [0.25, 0.3) is 0 Å².